The van der Waals surface area contributed by atoms with Gasteiger partial charge in [-0.05, 0) is 92.6 Å². The van der Waals surface area contributed by atoms with Gasteiger partial charge in [-0.3, -0.25) is 0 Å². The van der Waals surface area contributed by atoms with Crippen molar-refractivity contribution < 1.29 is 20.1 Å². The van der Waals surface area contributed by atoms with Crippen molar-refractivity contribution in [2.45, 2.75) is 130 Å². The normalized spacial score (nSPS) is 33.9. The molecule has 0 bridgehead atoms. The van der Waals surface area contributed by atoms with E-state index in [1.54, 1.807) is 0 Å². The zero-order valence-electron chi connectivity index (χ0n) is 23.4. The van der Waals surface area contributed by atoms with Gasteiger partial charge in [0.25, 0.3) is 0 Å². The van der Waals surface area contributed by atoms with Crippen LogP contribution in [0.2, 0.25) is 0 Å². The molecule has 3 rings (SSSR count). The number of ether oxygens (including phenoxy) is 1. The summed E-state index contributed by atoms with van der Waals surface area (Å²) in [6.45, 7) is 15.6. The molecule has 210 valence electrons. The highest BCUT2D eigenvalue weighted by molar-refractivity contribution is 5.38. The molecule has 3 aliphatic carbocycles. The average Bonchev–Trinajstić information content (AvgIpc) is 3.21. The molecule has 0 radical (unpaired) electrons. The van der Waals surface area contributed by atoms with Crippen LogP contribution in [-0.2, 0) is 4.74 Å². The van der Waals surface area contributed by atoms with Gasteiger partial charge in [0.15, 0.2) is 0 Å². The van der Waals surface area contributed by atoms with Crippen LogP contribution in [0, 0.1) is 35.0 Å². The molecule has 0 amide bonds. The molecule has 0 aromatic rings. The Labute approximate surface area is 227 Å². The number of rotatable bonds is 8. The predicted octanol–water partition coefficient (Wildman–Crippen LogP) is 6.75. The molecule has 0 aromatic carbocycles. The largest absolute Gasteiger partial charge is 0.393 e. The molecule has 3 fully saturated rings. The highest BCUT2D eigenvalue weighted by Gasteiger charge is 2.51. The molecule has 3 unspecified atom stereocenters. The van der Waals surface area contributed by atoms with Crippen molar-refractivity contribution in [1.29, 1.82) is 0 Å². The second kappa shape index (κ2) is 13.6. The fourth-order valence-corrected chi connectivity index (χ4v) is 7.14. The lowest BCUT2D eigenvalue weighted by molar-refractivity contribution is 0.00484. The number of hydrogen-bond acceptors (Lipinski definition) is 4. The highest BCUT2D eigenvalue weighted by Crippen LogP contribution is 2.60. The molecular formula is C33H54O4. The summed E-state index contributed by atoms with van der Waals surface area (Å²) in [5.41, 5.74) is 2.75. The second-order valence-electron chi connectivity index (χ2n) is 11.8. The first-order chi connectivity index (χ1) is 17.1. The van der Waals surface area contributed by atoms with E-state index >= 15 is 0 Å². The van der Waals surface area contributed by atoms with Crippen molar-refractivity contribution in [3.8, 4) is 11.8 Å². The molecule has 0 aliphatic heterocycles. The minimum Gasteiger partial charge on any atom is -0.393 e. The lowest BCUT2D eigenvalue weighted by atomic mass is 9.60. The smallest absolute Gasteiger partial charge is 0.121 e. The summed E-state index contributed by atoms with van der Waals surface area (Å²) in [5.74, 6) is 8.10. The minimum atomic E-state index is -0.704. The maximum Gasteiger partial charge on any atom is 0.121 e. The van der Waals surface area contributed by atoms with Crippen LogP contribution in [0.4, 0.5) is 0 Å². The zero-order chi connectivity index (χ0) is 26.5. The summed E-state index contributed by atoms with van der Waals surface area (Å²) in [7, 11) is 0. The van der Waals surface area contributed by atoms with E-state index in [-0.39, 0.29) is 18.9 Å². The van der Waals surface area contributed by atoms with Crippen molar-refractivity contribution >= 4 is 0 Å². The zero-order valence-corrected chi connectivity index (χ0v) is 23.4. The highest BCUT2D eigenvalue weighted by atomic mass is 16.5. The Kier molecular flexibility index (Phi) is 11.7. The van der Waals surface area contributed by atoms with Gasteiger partial charge in [0.1, 0.15) is 6.10 Å². The van der Waals surface area contributed by atoms with E-state index in [2.05, 4.69) is 44.4 Å². The van der Waals surface area contributed by atoms with Crippen LogP contribution in [0.3, 0.4) is 0 Å². The van der Waals surface area contributed by atoms with Gasteiger partial charge in [0, 0.05) is 19.4 Å². The number of aliphatic hydroxyl groups is 3. The minimum absolute atomic E-state index is 0. The molecule has 0 aromatic heterocycles. The third kappa shape index (κ3) is 7.18. The van der Waals surface area contributed by atoms with E-state index in [4.69, 9.17) is 4.74 Å². The maximum atomic E-state index is 10.6. The number of aliphatic hydroxyl groups excluding tert-OH is 2. The quantitative estimate of drug-likeness (QED) is 0.313. The molecule has 0 spiro atoms. The van der Waals surface area contributed by atoms with Gasteiger partial charge in [0.05, 0.1) is 17.8 Å². The van der Waals surface area contributed by atoms with Gasteiger partial charge in [-0.1, -0.05) is 71.3 Å². The lowest BCUT2D eigenvalue weighted by Crippen LogP contribution is -2.39. The van der Waals surface area contributed by atoms with Gasteiger partial charge >= 0.3 is 0 Å². The van der Waals surface area contributed by atoms with Crippen LogP contribution >= 0.6 is 0 Å². The second-order valence-corrected chi connectivity index (χ2v) is 11.8. The van der Waals surface area contributed by atoms with E-state index in [1.807, 2.05) is 20.8 Å². The van der Waals surface area contributed by atoms with Gasteiger partial charge in [-0.15, -0.1) is 0 Å². The van der Waals surface area contributed by atoms with Crippen LogP contribution in [0.1, 0.15) is 106 Å². The first-order valence-electron chi connectivity index (χ1n) is 14.4. The Morgan fingerprint density at radius 2 is 1.89 bits per heavy atom. The standard InChI is InChI=1S/C32H50O4.CH4/c1-7-32(35,8-2)19-11-13-30(36-9-3)23(5)27-16-17-28-24(12-10-18-31(27,28)6)14-15-25-20-26(33)21-29(34)22(25)4;/h14-15,23,26-30,33-35H,4,7-10,12,16-21H2,1-3,5-6H3;1H4/b24-14+,25-15-;/t23-,26-,27?,28?,29+,30-,31?;/m1./s1. The first-order valence-corrected chi connectivity index (χ1v) is 14.4. The summed E-state index contributed by atoms with van der Waals surface area (Å²) < 4.78 is 6.17. The molecule has 0 heterocycles. The average molecular weight is 515 g/mol. The fourth-order valence-electron chi connectivity index (χ4n) is 7.14. The van der Waals surface area contributed by atoms with Gasteiger partial charge in [-0.2, -0.15) is 0 Å². The molecule has 3 N–H and O–H groups in total. The topological polar surface area (TPSA) is 69.9 Å². The van der Waals surface area contributed by atoms with Crippen molar-refractivity contribution in [3.05, 3.63) is 35.5 Å². The van der Waals surface area contributed by atoms with Crippen molar-refractivity contribution in [1.82, 2.24) is 0 Å². The first kappa shape index (κ1) is 31.8. The lowest BCUT2D eigenvalue weighted by Gasteiger charge is -2.45. The molecule has 4 heteroatoms. The maximum absolute atomic E-state index is 10.6. The van der Waals surface area contributed by atoms with Crippen LogP contribution in [0.25, 0.3) is 0 Å². The molecule has 3 aliphatic rings. The summed E-state index contributed by atoms with van der Waals surface area (Å²) in [6, 6.07) is 0. The summed E-state index contributed by atoms with van der Waals surface area (Å²) >= 11 is 0. The van der Waals surface area contributed by atoms with E-state index in [0.717, 1.165) is 17.6 Å². The Hall–Kier alpha value is -1.38. The molecule has 7 atom stereocenters. The van der Waals surface area contributed by atoms with E-state index in [9.17, 15) is 15.3 Å². The van der Waals surface area contributed by atoms with Crippen LogP contribution in [-0.4, -0.2) is 45.8 Å². The van der Waals surface area contributed by atoms with Gasteiger partial charge in [0.2, 0.25) is 0 Å². The van der Waals surface area contributed by atoms with E-state index in [0.29, 0.717) is 56.5 Å². The van der Waals surface area contributed by atoms with Crippen LogP contribution < -0.4 is 0 Å². The molecule has 4 nitrogen and oxygen atoms in total. The number of hydrogen-bond donors (Lipinski definition) is 3. The van der Waals surface area contributed by atoms with Gasteiger partial charge in [-0.25, -0.2) is 0 Å². The Morgan fingerprint density at radius 3 is 2.54 bits per heavy atom. The van der Waals surface area contributed by atoms with Gasteiger partial charge < -0.3 is 20.1 Å². The Bertz CT molecular complexity index is 886. The molecule has 37 heavy (non-hydrogen) atoms. The monoisotopic (exact) mass is 514 g/mol. The van der Waals surface area contributed by atoms with E-state index in [1.165, 1.54) is 31.3 Å². The van der Waals surface area contributed by atoms with Crippen molar-refractivity contribution in [3.63, 3.8) is 0 Å². The number of fused-ring (bicyclic) bond motifs is 1. The SMILES string of the molecule is C.C=C1/C(=C\C=C2/CCCC3(C)C2CCC3[C@@H](C)[C@@H](C#CCC(O)(CC)CC)OCC)C[C@@H](O)C[C@@H]1O. The molecular weight excluding hydrogens is 460 g/mol. The third-order valence-corrected chi connectivity index (χ3v) is 9.74. The predicted molar refractivity (Wildman–Crippen MR) is 154 cm³/mol. The molecule has 3 saturated carbocycles. The fraction of sp³-hybridized carbons (Fsp3) is 0.758. The third-order valence-electron chi connectivity index (χ3n) is 9.74. The summed E-state index contributed by atoms with van der Waals surface area (Å²) in [6.07, 6.45) is 11.9. The van der Waals surface area contributed by atoms with Crippen molar-refractivity contribution in [2.24, 2.45) is 23.2 Å². The van der Waals surface area contributed by atoms with Crippen LogP contribution in [0.5, 0.6) is 0 Å². The Morgan fingerprint density at radius 1 is 1.19 bits per heavy atom. The summed E-state index contributed by atoms with van der Waals surface area (Å²) in [5, 5.41) is 31.0. The van der Waals surface area contributed by atoms with E-state index < -0.39 is 17.8 Å². The molecule has 0 saturated heterocycles. The number of allylic oxidation sites excluding steroid dienone is 3. The Balaban J connectivity index is 0.00000481. The van der Waals surface area contributed by atoms with Crippen LogP contribution in [0.15, 0.2) is 35.5 Å². The summed E-state index contributed by atoms with van der Waals surface area (Å²) in [4.78, 5) is 0. The van der Waals surface area contributed by atoms with Crippen molar-refractivity contribution in [2.75, 3.05) is 6.61 Å².